The smallest absolute Gasteiger partial charge is 0.337 e. The van der Waals surface area contributed by atoms with Crippen LogP contribution in [-0.4, -0.2) is 30.6 Å². The van der Waals surface area contributed by atoms with E-state index in [9.17, 15) is 4.79 Å². The monoisotopic (exact) mass is 254 g/mol. The number of carbonyl (C=O) groups is 1. The molecule has 0 fully saturated rings. The van der Waals surface area contributed by atoms with Gasteiger partial charge in [-0.3, -0.25) is 0 Å². The first kappa shape index (κ1) is 11.3. The second kappa shape index (κ2) is 4.49. The number of fused-ring (bicyclic) bond motifs is 1. The lowest BCUT2D eigenvalue weighted by molar-refractivity contribution is 0.0699. The maximum absolute atomic E-state index is 11.1. The minimum atomic E-state index is -0.974. The van der Waals surface area contributed by atoms with Crippen LogP contribution < -0.4 is 0 Å². The molecule has 0 amide bonds. The van der Waals surface area contributed by atoms with Crippen LogP contribution in [0.2, 0.25) is 0 Å². The summed E-state index contributed by atoms with van der Waals surface area (Å²) in [5, 5.41) is 9.11. The van der Waals surface area contributed by atoms with Crippen LogP contribution in [0, 0.1) is 0 Å². The number of rotatable bonds is 3. The van der Waals surface area contributed by atoms with Crippen molar-refractivity contribution < 1.29 is 9.90 Å². The first-order valence-electron chi connectivity index (χ1n) is 5.68. The zero-order valence-electron chi connectivity index (χ0n) is 9.89. The molecular formula is C13H10N4O2. The molecule has 0 radical (unpaired) electrons. The van der Waals surface area contributed by atoms with Crippen molar-refractivity contribution in [2.24, 2.45) is 0 Å². The Bertz CT molecular complexity index is 737. The van der Waals surface area contributed by atoms with Gasteiger partial charge in [0.2, 0.25) is 0 Å². The molecule has 6 nitrogen and oxygen atoms in total. The van der Waals surface area contributed by atoms with Gasteiger partial charge in [0.05, 0.1) is 29.6 Å². The molecule has 0 spiro atoms. The van der Waals surface area contributed by atoms with Crippen molar-refractivity contribution >= 4 is 17.0 Å². The SMILES string of the molecule is O=C(O)c1cccc2c1ncn2Cc1ccncn1. The van der Waals surface area contributed by atoms with Crippen LogP contribution >= 0.6 is 0 Å². The average molecular weight is 254 g/mol. The van der Waals surface area contributed by atoms with Crippen molar-refractivity contribution in [1.29, 1.82) is 0 Å². The Balaban J connectivity index is 2.07. The number of imidazole rings is 1. The zero-order valence-corrected chi connectivity index (χ0v) is 9.89. The fourth-order valence-corrected chi connectivity index (χ4v) is 1.97. The summed E-state index contributed by atoms with van der Waals surface area (Å²) in [6.45, 7) is 0.530. The van der Waals surface area contributed by atoms with E-state index in [0.29, 0.717) is 12.1 Å². The molecule has 3 rings (SSSR count). The molecule has 94 valence electrons. The van der Waals surface area contributed by atoms with Gasteiger partial charge in [-0.05, 0) is 18.2 Å². The summed E-state index contributed by atoms with van der Waals surface area (Å²) < 4.78 is 1.87. The normalized spacial score (nSPS) is 10.7. The topological polar surface area (TPSA) is 80.9 Å². The van der Waals surface area contributed by atoms with Gasteiger partial charge in [-0.2, -0.15) is 0 Å². The van der Waals surface area contributed by atoms with Crippen molar-refractivity contribution in [2.45, 2.75) is 6.54 Å². The van der Waals surface area contributed by atoms with Gasteiger partial charge in [-0.15, -0.1) is 0 Å². The van der Waals surface area contributed by atoms with Crippen molar-refractivity contribution in [2.75, 3.05) is 0 Å². The number of carboxylic acid groups (broad SMARTS) is 1. The Hall–Kier alpha value is -2.76. The van der Waals surface area contributed by atoms with E-state index in [4.69, 9.17) is 5.11 Å². The maximum Gasteiger partial charge on any atom is 0.337 e. The molecule has 3 aromatic rings. The summed E-state index contributed by atoms with van der Waals surface area (Å²) in [6.07, 6.45) is 4.78. The summed E-state index contributed by atoms with van der Waals surface area (Å²) in [4.78, 5) is 23.3. The predicted molar refractivity (Wildman–Crippen MR) is 67.8 cm³/mol. The van der Waals surface area contributed by atoms with E-state index in [-0.39, 0.29) is 5.56 Å². The number of para-hydroxylation sites is 1. The molecule has 1 N–H and O–H groups in total. The lowest BCUT2D eigenvalue weighted by Gasteiger charge is -2.03. The van der Waals surface area contributed by atoms with Crippen LogP contribution in [0.25, 0.3) is 11.0 Å². The molecule has 0 atom stereocenters. The highest BCUT2D eigenvalue weighted by molar-refractivity contribution is 6.00. The number of hydrogen-bond acceptors (Lipinski definition) is 4. The number of aromatic nitrogens is 4. The molecule has 19 heavy (non-hydrogen) atoms. The fraction of sp³-hybridized carbons (Fsp3) is 0.0769. The number of hydrogen-bond donors (Lipinski definition) is 1. The number of carboxylic acids is 1. The van der Waals surface area contributed by atoms with Crippen molar-refractivity contribution in [3.8, 4) is 0 Å². The minimum Gasteiger partial charge on any atom is -0.478 e. The van der Waals surface area contributed by atoms with E-state index in [1.807, 2.05) is 16.7 Å². The third-order valence-electron chi connectivity index (χ3n) is 2.86. The number of benzene rings is 1. The van der Waals surface area contributed by atoms with Crippen LogP contribution in [-0.2, 0) is 6.54 Å². The molecule has 0 aliphatic carbocycles. The van der Waals surface area contributed by atoms with Crippen molar-refractivity contribution in [3.63, 3.8) is 0 Å². The van der Waals surface area contributed by atoms with E-state index >= 15 is 0 Å². The molecule has 6 heteroatoms. The number of nitrogens with zero attached hydrogens (tertiary/aromatic N) is 4. The lowest BCUT2D eigenvalue weighted by atomic mass is 10.2. The third kappa shape index (κ3) is 2.03. The van der Waals surface area contributed by atoms with Gasteiger partial charge in [0, 0.05) is 6.20 Å². The number of aromatic carboxylic acids is 1. The lowest BCUT2D eigenvalue weighted by Crippen LogP contribution is -2.01. The van der Waals surface area contributed by atoms with Crippen LogP contribution in [0.4, 0.5) is 0 Å². The quantitative estimate of drug-likeness (QED) is 0.767. The highest BCUT2D eigenvalue weighted by atomic mass is 16.4. The molecular weight excluding hydrogens is 244 g/mol. The van der Waals surface area contributed by atoms with Gasteiger partial charge < -0.3 is 9.67 Å². The Morgan fingerprint density at radius 3 is 2.89 bits per heavy atom. The molecule has 0 bridgehead atoms. The summed E-state index contributed by atoms with van der Waals surface area (Å²) in [5.74, 6) is -0.974. The Labute approximate surface area is 108 Å². The van der Waals surface area contributed by atoms with E-state index < -0.39 is 5.97 Å². The van der Waals surface area contributed by atoms with E-state index in [1.54, 1.807) is 24.7 Å². The first-order chi connectivity index (χ1) is 9.25. The zero-order chi connectivity index (χ0) is 13.2. The van der Waals surface area contributed by atoms with E-state index in [1.165, 1.54) is 6.33 Å². The molecule has 0 aliphatic heterocycles. The minimum absolute atomic E-state index is 0.207. The van der Waals surface area contributed by atoms with Gasteiger partial charge >= 0.3 is 5.97 Å². The molecule has 1 aromatic carbocycles. The predicted octanol–water partition coefficient (Wildman–Crippen LogP) is 1.57. The summed E-state index contributed by atoms with van der Waals surface area (Å²) in [6, 6.07) is 6.92. The van der Waals surface area contributed by atoms with Crippen LogP contribution in [0.1, 0.15) is 16.1 Å². The first-order valence-corrected chi connectivity index (χ1v) is 5.68. The second-order valence-electron chi connectivity index (χ2n) is 4.05. The highest BCUT2D eigenvalue weighted by Gasteiger charge is 2.12. The molecule has 0 unspecified atom stereocenters. The maximum atomic E-state index is 11.1. The molecule has 0 saturated carbocycles. The summed E-state index contributed by atoms with van der Waals surface area (Å²) in [5.41, 5.74) is 2.32. The van der Waals surface area contributed by atoms with Crippen LogP contribution in [0.3, 0.4) is 0 Å². The molecule has 2 heterocycles. The standard InChI is InChI=1S/C13H10N4O2/c18-13(19)10-2-1-3-11-12(10)16-8-17(11)6-9-4-5-14-7-15-9/h1-5,7-8H,6H2,(H,18,19). The van der Waals surface area contributed by atoms with Gasteiger partial charge in [0.25, 0.3) is 0 Å². The Kier molecular flexibility index (Phi) is 2.68. The highest BCUT2D eigenvalue weighted by Crippen LogP contribution is 2.18. The van der Waals surface area contributed by atoms with Crippen molar-refractivity contribution in [1.82, 2.24) is 19.5 Å². The van der Waals surface area contributed by atoms with Crippen LogP contribution in [0.5, 0.6) is 0 Å². The molecule has 0 aliphatic rings. The van der Waals surface area contributed by atoms with E-state index in [2.05, 4.69) is 15.0 Å². The Morgan fingerprint density at radius 2 is 2.16 bits per heavy atom. The largest absolute Gasteiger partial charge is 0.478 e. The van der Waals surface area contributed by atoms with E-state index in [0.717, 1.165) is 11.2 Å². The third-order valence-corrected chi connectivity index (χ3v) is 2.86. The van der Waals surface area contributed by atoms with Crippen molar-refractivity contribution in [3.05, 3.63) is 54.4 Å². The van der Waals surface area contributed by atoms with Gasteiger partial charge in [0.15, 0.2) is 0 Å². The fourth-order valence-electron chi connectivity index (χ4n) is 1.97. The van der Waals surface area contributed by atoms with Gasteiger partial charge in [-0.1, -0.05) is 6.07 Å². The van der Waals surface area contributed by atoms with Crippen LogP contribution in [0.15, 0.2) is 43.1 Å². The summed E-state index contributed by atoms with van der Waals surface area (Å²) in [7, 11) is 0. The molecule has 0 saturated heterocycles. The molecule has 2 aromatic heterocycles. The second-order valence-corrected chi connectivity index (χ2v) is 4.05. The van der Waals surface area contributed by atoms with Gasteiger partial charge in [-0.25, -0.2) is 19.7 Å². The Morgan fingerprint density at radius 1 is 1.26 bits per heavy atom. The van der Waals surface area contributed by atoms with Gasteiger partial charge in [0.1, 0.15) is 11.8 Å². The average Bonchev–Trinajstić information content (AvgIpc) is 2.83. The summed E-state index contributed by atoms with van der Waals surface area (Å²) >= 11 is 0.